The number of benzene rings is 1. The Kier molecular flexibility index (Phi) is 6.79. The number of carbonyl (C=O) groups is 4. The first-order valence-electron chi connectivity index (χ1n) is 12.2. The quantitative estimate of drug-likeness (QED) is 0.596. The van der Waals surface area contributed by atoms with E-state index in [4.69, 9.17) is 9.47 Å². The van der Waals surface area contributed by atoms with Gasteiger partial charge in [-0.05, 0) is 49.7 Å². The molecule has 2 heterocycles. The van der Waals surface area contributed by atoms with Gasteiger partial charge in [0, 0.05) is 17.2 Å². The highest BCUT2D eigenvalue weighted by atomic mass is 16.5. The zero-order valence-corrected chi connectivity index (χ0v) is 21.1. The molecular formula is C26H35N3O6. The van der Waals surface area contributed by atoms with Crippen molar-refractivity contribution in [1.82, 2.24) is 15.5 Å². The molecule has 3 fully saturated rings. The Labute approximate surface area is 205 Å². The smallest absolute Gasteiger partial charge is 0.308 e. The second-order valence-electron chi connectivity index (χ2n) is 10.9. The van der Waals surface area contributed by atoms with E-state index >= 15 is 0 Å². The van der Waals surface area contributed by atoms with Crippen molar-refractivity contribution in [3.63, 3.8) is 0 Å². The molecule has 3 aliphatic rings. The molecule has 0 aromatic heterocycles. The minimum Gasteiger partial charge on any atom is -0.496 e. The third kappa shape index (κ3) is 4.86. The summed E-state index contributed by atoms with van der Waals surface area (Å²) in [7, 11) is 1.55. The molecule has 5 unspecified atom stereocenters. The van der Waals surface area contributed by atoms with Crippen molar-refractivity contribution in [2.45, 2.75) is 77.5 Å². The first kappa shape index (κ1) is 25.0. The highest BCUT2D eigenvalue weighted by Gasteiger charge is 2.54. The molecule has 9 heteroatoms. The minimum atomic E-state index is -0.827. The topological polar surface area (TPSA) is 114 Å². The Balaban J connectivity index is 1.56. The number of piperidine rings is 1. The summed E-state index contributed by atoms with van der Waals surface area (Å²) >= 11 is 0. The number of methoxy groups -OCH3 is 1. The first-order chi connectivity index (χ1) is 16.5. The SMILES string of the molecule is COc1cccc(C(=O)NC(C(=O)N2C3CCC(C3)C2C(=O)NC2COC(=O)C2)C(C)(C)C)c1C. The number of nitrogens with one attached hydrogen (secondary N) is 2. The van der Waals surface area contributed by atoms with Gasteiger partial charge < -0.3 is 25.0 Å². The van der Waals surface area contributed by atoms with Crippen molar-refractivity contribution in [3.05, 3.63) is 29.3 Å². The Morgan fingerprint density at radius 1 is 1.20 bits per heavy atom. The molecule has 2 saturated heterocycles. The van der Waals surface area contributed by atoms with E-state index < -0.39 is 17.5 Å². The highest BCUT2D eigenvalue weighted by molar-refractivity contribution is 6.00. The lowest BCUT2D eigenvalue weighted by Crippen LogP contribution is -2.61. The van der Waals surface area contributed by atoms with E-state index in [1.54, 1.807) is 37.1 Å². The van der Waals surface area contributed by atoms with Gasteiger partial charge in [-0.3, -0.25) is 19.2 Å². The van der Waals surface area contributed by atoms with Crippen LogP contribution in [0.25, 0.3) is 0 Å². The first-order valence-corrected chi connectivity index (χ1v) is 12.2. The summed E-state index contributed by atoms with van der Waals surface area (Å²) < 4.78 is 10.3. The molecule has 35 heavy (non-hydrogen) atoms. The summed E-state index contributed by atoms with van der Waals surface area (Å²) in [4.78, 5) is 53.7. The maximum absolute atomic E-state index is 14.0. The summed E-state index contributed by atoms with van der Waals surface area (Å²) in [6.45, 7) is 7.66. The summed E-state index contributed by atoms with van der Waals surface area (Å²) in [5.74, 6) is -0.534. The lowest BCUT2D eigenvalue weighted by atomic mass is 9.84. The number of hydrogen-bond donors (Lipinski definition) is 2. The maximum atomic E-state index is 14.0. The molecule has 2 aliphatic heterocycles. The number of rotatable bonds is 6. The summed E-state index contributed by atoms with van der Waals surface area (Å²) in [5.41, 5.74) is 0.543. The van der Waals surface area contributed by atoms with Gasteiger partial charge in [0.25, 0.3) is 5.91 Å². The summed E-state index contributed by atoms with van der Waals surface area (Å²) in [5, 5.41) is 5.86. The van der Waals surface area contributed by atoms with Gasteiger partial charge >= 0.3 is 5.97 Å². The van der Waals surface area contributed by atoms with Crippen LogP contribution in [0.5, 0.6) is 5.75 Å². The molecule has 1 aromatic carbocycles. The van der Waals surface area contributed by atoms with E-state index in [-0.39, 0.29) is 54.7 Å². The van der Waals surface area contributed by atoms with Crippen LogP contribution in [-0.2, 0) is 19.1 Å². The van der Waals surface area contributed by atoms with Crippen molar-refractivity contribution < 1.29 is 28.7 Å². The Morgan fingerprint density at radius 2 is 1.94 bits per heavy atom. The van der Waals surface area contributed by atoms with Crippen molar-refractivity contribution in [2.24, 2.45) is 11.3 Å². The van der Waals surface area contributed by atoms with E-state index in [1.807, 2.05) is 20.8 Å². The fourth-order valence-corrected chi connectivity index (χ4v) is 5.62. The van der Waals surface area contributed by atoms with Crippen molar-refractivity contribution in [3.8, 4) is 5.75 Å². The number of cyclic esters (lactones) is 1. The van der Waals surface area contributed by atoms with Gasteiger partial charge in [-0.2, -0.15) is 0 Å². The van der Waals surface area contributed by atoms with Crippen LogP contribution >= 0.6 is 0 Å². The Morgan fingerprint density at radius 3 is 2.57 bits per heavy atom. The zero-order valence-electron chi connectivity index (χ0n) is 21.1. The third-order valence-electron chi connectivity index (χ3n) is 7.45. The second-order valence-corrected chi connectivity index (χ2v) is 10.9. The molecule has 0 radical (unpaired) electrons. The van der Waals surface area contributed by atoms with Crippen LogP contribution in [0.3, 0.4) is 0 Å². The molecule has 190 valence electrons. The lowest BCUT2D eigenvalue weighted by molar-refractivity contribution is -0.146. The number of esters is 1. The van der Waals surface area contributed by atoms with Crippen LogP contribution in [0.2, 0.25) is 0 Å². The normalized spacial score (nSPS) is 26.3. The molecule has 1 saturated carbocycles. The predicted molar refractivity (Wildman–Crippen MR) is 128 cm³/mol. The molecule has 3 amide bonds. The van der Waals surface area contributed by atoms with E-state index in [2.05, 4.69) is 10.6 Å². The van der Waals surface area contributed by atoms with Crippen LogP contribution in [0, 0.1) is 18.3 Å². The van der Waals surface area contributed by atoms with Crippen LogP contribution in [-0.4, -0.2) is 66.5 Å². The molecule has 9 nitrogen and oxygen atoms in total. The molecule has 4 rings (SSSR count). The van der Waals surface area contributed by atoms with Gasteiger partial charge in [0.1, 0.15) is 24.4 Å². The lowest BCUT2D eigenvalue weighted by Gasteiger charge is -2.40. The van der Waals surface area contributed by atoms with E-state index in [9.17, 15) is 19.2 Å². The summed E-state index contributed by atoms with van der Waals surface area (Å²) in [6.07, 6.45) is 2.62. The maximum Gasteiger partial charge on any atom is 0.308 e. The molecule has 1 aromatic rings. The van der Waals surface area contributed by atoms with Gasteiger partial charge in [0.05, 0.1) is 19.6 Å². The minimum absolute atomic E-state index is 0.0370. The molecule has 5 atom stereocenters. The fraction of sp³-hybridized carbons (Fsp3) is 0.615. The van der Waals surface area contributed by atoms with Crippen LogP contribution in [0.15, 0.2) is 18.2 Å². The van der Waals surface area contributed by atoms with Crippen LogP contribution < -0.4 is 15.4 Å². The van der Waals surface area contributed by atoms with Crippen LogP contribution in [0.4, 0.5) is 0 Å². The number of carbonyl (C=O) groups excluding carboxylic acids is 4. The standard InChI is InChI=1S/C26H35N3O6/c1-14-18(7-6-8-19(14)34-5)23(31)28-22(26(2,3)4)25(33)29-17-10-9-15(11-17)21(29)24(32)27-16-12-20(30)35-13-16/h6-8,15-17,21-22H,9-13H2,1-5H3,(H,27,32)(H,28,31). The van der Waals surface area contributed by atoms with Gasteiger partial charge in [-0.1, -0.05) is 26.8 Å². The highest BCUT2D eigenvalue weighted by Crippen LogP contribution is 2.43. The van der Waals surface area contributed by atoms with Crippen molar-refractivity contribution >= 4 is 23.7 Å². The molecular weight excluding hydrogens is 450 g/mol. The Bertz CT molecular complexity index is 1030. The number of likely N-dealkylation sites (tertiary alicyclic amines) is 1. The van der Waals surface area contributed by atoms with Crippen LogP contribution in [0.1, 0.15) is 62.4 Å². The third-order valence-corrected chi connectivity index (χ3v) is 7.45. The summed E-state index contributed by atoms with van der Waals surface area (Å²) in [6, 6.07) is 3.38. The number of fused-ring (bicyclic) bond motifs is 2. The van der Waals surface area contributed by atoms with Gasteiger partial charge in [-0.25, -0.2) is 0 Å². The van der Waals surface area contributed by atoms with Crippen molar-refractivity contribution in [1.29, 1.82) is 0 Å². The van der Waals surface area contributed by atoms with E-state index in [0.717, 1.165) is 19.3 Å². The van der Waals surface area contributed by atoms with E-state index in [1.165, 1.54) is 0 Å². The molecule has 0 spiro atoms. The number of amides is 3. The molecule has 2 bridgehead atoms. The number of ether oxygens (including phenoxy) is 2. The largest absolute Gasteiger partial charge is 0.496 e. The Hall–Kier alpha value is -3.10. The zero-order chi connectivity index (χ0) is 25.5. The molecule has 1 aliphatic carbocycles. The van der Waals surface area contributed by atoms with E-state index in [0.29, 0.717) is 16.9 Å². The number of hydrogen-bond acceptors (Lipinski definition) is 6. The van der Waals surface area contributed by atoms with Gasteiger partial charge in [-0.15, -0.1) is 0 Å². The van der Waals surface area contributed by atoms with Gasteiger partial charge in [0.15, 0.2) is 0 Å². The number of nitrogens with zero attached hydrogens (tertiary/aromatic N) is 1. The monoisotopic (exact) mass is 485 g/mol. The molecule has 2 N–H and O–H groups in total. The predicted octanol–water partition coefficient (Wildman–Crippen LogP) is 1.96. The average molecular weight is 486 g/mol. The average Bonchev–Trinajstić information content (AvgIpc) is 3.52. The second kappa shape index (κ2) is 9.51. The van der Waals surface area contributed by atoms with Gasteiger partial charge in [0.2, 0.25) is 11.8 Å². The van der Waals surface area contributed by atoms with Crippen molar-refractivity contribution in [2.75, 3.05) is 13.7 Å². The fourth-order valence-electron chi connectivity index (χ4n) is 5.62.